The molecule has 0 amide bonds. The Hall–Kier alpha value is -3.91. The van der Waals surface area contributed by atoms with Crippen LogP contribution in [0.4, 0.5) is 0 Å². The molecule has 0 aliphatic heterocycles. The number of nitrogens with zero attached hydrogens (tertiary/aromatic N) is 5. The van der Waals surface area contributed by atoms with Crippen molar-refractivity contribution >= 4 is 33.3 Å². The molecule has 144 valence electrons. The number of thiophene rings is 1. The van der Waals surface area contributed by atoms with Crippen molar-refractivity contribution in [3.63, 3.8) is 0 Å². The normalized spacial score (nSPS) is 11.5. The zero-order valence-electron chi connectivity index (χ0n) is 15.9. The molecule has 0 aliphatic carbocycles. The molecule has 0 spiro atoms. The van der Waals surface area contributed by atoms with Crippen molar-refractivity contribution in [2.75, 3.05) is 0 Å². The van der Waals surface area contributed by atoms with Crippen LogP contribution in [0.3, 0.4) is 0 Å². The summed E-state index contributed by atoms with van der Waals surface area (Å²) >= 11 is 1.65. The molecule has 30 heavy (non-hydrogen) atoms. The van der Waals surface area contributed by atoms with Crippen LogP contribution >= 0.6 is 11.3 Å². The molecule has 6 aromatic rings. The van der Waals surface area contributed by atoms with Crippen LogP contribution in [-0.2, 0) is 0 Å². The number of imidazole rings is 1. The Morgan fingerprint density at radius 3 is 2.80 bits per heavy atom. The molecule has 0 atom stereocenters. The fraction of sp³-hybridized carbons (Fsp3) is 0.0455. The maximum Gasteiger partial charge on any atom is 0.159 e. The summed E-state index contributed by atoms with van der Waals surface area (Å²) < 4.78 is 0. The lowest BCUT2D eigenvalue weighted by molar-refractivity contribution is 1.10. The third-order valence-electron chi connectivity index (χ3n) is 5.14. The van der Waals surface area contributed by atoms with Gasteiger partial charge in [0.25, 0.3) is 0 Å². The van der Waals surface area contributed by atoms with Gasteiger partial charge in [0.15, 0.2) is 5.82 Å². The first-order valence-corrected chi connectivity index (χ1v) is 10.3. The predicted molar refractivity (Wildman–Crippen MR) is 118 cm³/mol. The van der Waals surface area contributed by atoms with Gasteiger partial charge in [-0.05, 0) is 42.1 Å². The number of aryl methyl sites for hydroxylation is 1. The van der Waals surface area contributed by atoms with Crippen LogP contribution in [0, 0.1) is 6.92 Å². The Balaban J connectivity index is 1.53. The van der Waals surface area contributed by atoms with E-state index in [1.165, 1.54) is 0 Å². The van der Waals surface area contributed by atoms with Crippen LogP contribution in [0.5, 0.6) is 0 Å². The molecular weight excluding hydrogens is 394 g/mol. The van der Waals surface area contributed by atoms with E-state index in [-0.39, 0.29) is 0 Å². The smallest absolute Gasteiger partial charge is 0.159 e. The topological polar surface area (TPSA) is 96.0 Å². The van der Waals surface area contributed by atoms with Crippen molar-refractivity contribution in [2.24, 2.45) is 0 Å². The lowest BCUT2D eigenvalue weighted by Gasteiger charge is -2.04. The van der Waals surface area contributed by atoms with Gasteiger partial charge in [0.05, 0.1) is 27.8 Å². The molecule has 0 saturated heterocycles. The summed E-state index contributed by atoms with van der Waals surface area (Å²) in [7, 11) is 0. The van der Waals surface area contributed by atoms with Crippen LogP contribution in [0.25, 0.3) is 55.3 Å². The Morgan fingerprint density at radius 2 is 1.93 bits per heavy atom. The van der Waals surface area contributed by atoms with Crippen LogP contribution in [0.1, 0.15) is 5.56 Å². The van der Waals surface area contributed by atoms with E-state index >= 15 is 0 Å². The number of pyridine rings is 3. The SMILES string of the molecule is Cc1ccncc1-c1cc2c(-c3nc4c(-c5cccs5)nccc4[nH]3)n[nH]c2cn1. The second-order valence-electron chi connectivity index (χ2n) is 7.00. The van der Waals surface area contributed by atoms with Crippen LogP contribution in [-0.4, -0.2) is 35.1 Å². The second-order valence-corrected chi connectivity index (χ2v) is 7.94. The summed E-state index contributed by atoms with van der Waals surface area (Å²) in [6.45, 7) is 2.05. The third kappa shape index (κ3) is 2.61. The Bertz CT molecular complexity index is 1510. The average Bonchev–Trinajstić information content (AvgIpc) is 3.51. The molecule has 7 nitrogen and oxygen atoms in total. The number of rotatable bonds is 3. The summed E-state index contributed by atoms with van der Waals surface area (Å²) in [5.41, 5.74) is 7.22. The number of nitrogens with one attached hydrogen (secondary N) is 2. The minimum atomic E-state index is 0.696. The van der Waals surface area contributed by atoms with Crippen molar-refractivity contribution in [1.82, 2.24) is 35.1 Å². The van der Waals surface area contributed by atoms with Crippen LogP contribution in [0.15, 0.2) is 60.5 Å². The molecule has 6 aromatic heterocycles. The van der Waals surface area contributed by atoms with Crippen molar-refractivity contribution < 1.29 is 0 Å². The predicted octanol–water partition coefficient (Wildman–Crippen LogP) is 5.00. The van der Waals surface area contributed by atoms with Crippen molar-refractivity contribution in [3.05, 3.63) is 66.1 Å². The standard InChI is InChI=1S/C22H15N7S/c1-12-4-6-23-10-14(12)16-9-13-17(11-25-16)28-29-19(13)22-26-15-5-7-24-21(20(15)27-22)18-3-2-8-30-18/h2-11H,1H3,(H,26,27)(H,28,29). The fourth-order valence-corrected chi connectivity index (χ4v) is 4.34. The highest BCUT2D eigenvalue weighted by Gasteiger charge is 2.17. The molecule has 2 N–H and O–H groups in total. The molecule has 6 heterocycles. The van der Waals surface area contributed by atoms with Crippen molar-refractivity contribution in [3.8, 4) is 33.3 Å². The van der Waals surface area contributed by atoms with Crippen molar-refractivity contribution in [2.45, 2.75) is 6.92 Å². The molecule has 0 saturated carbocycles. The van der Waals surface area contributed by atoms with E-state index in [0.29, 0.717) is 5.82 Å². The summed E-state index contributed by atoms with van der Waals surface area (Å²) in [5, 5.41) is 10.6. The van der Waals surface area contributed by atoms with E-state index in [2.05, 4.69) is 43.1 Å². The van der Waals surface area contributed by atoms with Gasteiger partial charge in [-0.15, -0.1) is 11.3 Å². The molecule has 0 bridgehead atoms. The van der Waals surface area contributed by atoms with Crippen LogP contribution in [0.2, 0.25) is 0 Å². The zero-order valence-corrected chi connectivity index (χ0v) is 16.7. The molecule has 6 rings (SSSR count). The largest absolute Gasteiger partial charge is 0.336 e. The van der Waals surface area contributed by atoms with E-state index in [4.69, 9.17) is 4.98 Å². The second kappa shape index (κ2) is 6.57. The monoisotopic (exact) mass is 409 g/mol. The third-order valence-corrected chi connectivity index (χ3v) is 6.02. The number of aromatic amines is 2. The number of hydrogen-bond donors (Lipinski definition) is 2. The minimum absolute atomic E-state index is 0.696. The molecule has 0 unspecified atom stereocenters. The quantitative estimate of drug-likeness (QED) is 0.429. The molecule has 0 aliphatic rings. The number of H-pyrrole nitrogens is 2. The van der Waals surface area contributed by atoms with Gasteiger partial charge in [-0.1, -0.05) is 6.07 Å². The summed E-state index contributed by atoms with van der Waals surface area (Å²) in [6, 6.07) is 10.0. The first-order valence-electron chi connectivity index (χ1n) is 9.42. The lowest BCUT2D eigenvalue weighted by atomic mass is 10.1. The van der Waals surface area contributed by atoms with Gasteiger partial charge in [-0.3, -0.25) is 20.1 Å². The highest BCUT2D eigenvalue weighted by Crippen LogP contribution is 2.33. The number of aromatic nitrogens is 7. The van der Waals surface area contributed by atoms with Gasteiger partial charge >= 0.3 is 0 Å². The van der Waals surface area contributed by atoms with Crippen LogP contribution < -0.4 is 0 Å². The first kappa shape index (κ1) is 17.0. The van der Waals surface area contributed by atoms with Gasteiger partial charge in [-0.2, -0.15) is 5.10 Å². The molecule has 0 aromatic carbocycles. The van der Waals surface area contributed by atoms with E-state index in [1.807, 2.05) is 35.8 Å². The summed E-state index contributed by atoms with van der Waals surface area (Å²) in [4.78, 5) is 22.7. The van der Waals surface area contributed by atoms with Gasteiger partial charge in [0.1, 0.15) is 16.9 Å². The molecular formula is C22H15N7S. The van der Waals surface area contributed by atoms with E-state index in [9.17, 15) is 0 Å². The van der Waals surface area contributed by atoms with Crippen molar-refractivity contribution in [1.29, 1.82) is 0 Å². The molecule has 8 heteroatoms. The average molecular weight is 409 g/mol. The van der Waals surface area contributed by atoms with E-state index in [1.54, 1.807) is 29.9 Å². The van der Waals surface area contributed by atoms with Gasteiger partial charge < -0.3 is 4.98 Å². The summed E-state index contributed by atoms with van der Waals surface area (Å²) in [6.07, 6.45) is 7.22. The Labute approximate surface area is 174 Å². The van der Waals surface area contributed by atoms with Gasteiger partial charge in [-0.25, -0.2) is 4.98 Å². The molecule has 0 radical (unpaired) electrons. The highest BCUT2D eigenvalue weighted by molar-refractivity contribution is 7.13. The Morgan fingerprint density at radius 1 is 0.967 bits per heavy atom. The summed E-state index contributed by atoms with van der Waals surface area (Å²) in [5.74, 6) is 0.696. The first-order chi connectivity index (χ1) is 14.8. The van der Waals surface area contributed by atoms with Gasteiger partial charge in [0.2, 0.25) is 0 Å². The number of fused-ring (bicyclic) bond motifs is 2. The van der Waals surface area contributed by atoms with Gasteiger partial charge in [0, 0.05) is 29.5 Å². The number of hydrogen-bond acceptors (Lipinski definition) is 6. The lowest BCUT2D eigenvalue weighted by Crippen LogP contribution is -1.89. The minimum Gasteiger partial charge on any atom is -0.336 e. The maximum absolute atomic E-state index is 4.85. The van der Waals surface area contributed by atoms with E-state index in [0.717, 1.165) is 55.0 Å². The highest BCUT2D eigenvalue weighted by atomic mass is 32.1. The zero-order chi connectivity index (χ0) is 20.1. The maximum atomic E-state index is 4.85. The van der Waals surface area contributed by atoms with E-state index < -0.39 is 0 Å². The molecule has 0 fully saturated rings. The fourth-order valence-electron chi connectivity index (χ4n) is 3.62. The Kier molecular flexibility index (Phi) is 3.72.